The number of anilines is 1. The molecule has 204 valence electrons. The zero-order valence-corrected chi connectivity index (χ0v) is 22.6. The summed E-state index contributed by atoms with van der Waals surface area (Å²) in [6.45, 7) is 8.48. The summed E-state index contributed by atoms with van der Waals surface area (Å²) in [5.74, 6) is -1.78. The van der Waals surface area contributed by atoms with Crippen molar-refractivity contribution in [1.82, 2.24) is 0 Å². The van der Waals surface area contributed by atoms with Crippen molar-refractivity contribution in [3.8, 4) is 0 Å². The van der Waals surface area contributed by atoms with E-state index in [-0.39, 0.29) is 46.6 Å². The van der Waals surface area contributed by atoms with Crippen LogP contribution in [0.1, 0.15) is 66.2 Å². The van der Waals surface area contributed by atoms with Crippen molar-refractivity contribution in [2.24, 2.45) is 51.8 Å². The minimum Gasteiger partial charge on any atom is -0.595 e. The zero-order chi connectivity index (χ0) is 27.4. The van der Waals surface area contributed by atoms with Crippen LogP contribution in [0, 0.1) is 57.0 Å². The van der Waals surface area contributed by atoms with Gasteiger partial charge in [-0.1, -0.05) is 44.9 Å². The van der Waals surface area contributed by atoms with E-state index in [1.807, 2.05) is 6.92 Å². The smallest absolute Gasteiger partial charge is 0.309 e. The molecule has 38 heavy (non-hydrogen) atoms. The number of hydrogen-bond acceptors (Lipinski definition) is 5. The van der Waals surface area contributed by atoms with Gasteiger partial charge >= 0.3 is 5.97 Å². The summed E-state index contributed by atoms with van der Waals surface area (Å²) in [7, 11) is 0. The number of carboxylic acids is 1. The third-order valence-electron chi connectivity index (χ3n) is 11.5. The summed E-state index contributed by atoms with van der Waals surface area (Å²) in [6.07, 6.45) is 7.05. The van der Waals surface area contributed by atoms with E-state index >= 15 is 0 Å². The Kier molecular flexibility index (Phi) is 5.57. The third kappa shape index (κ3) is 3.11. The molecule has 0 radical (unpaired) electrons. The first-order valence-electron chi connectivity index (χ1n) is 14.0. The molecule has 1 aliphatic heterocycles. The van der Waals surface area contributed by atoms with Crippen molar-refractivity contribution in [2.75, 3.05) is 4.90 Å². The van der Waals surface area contributed by atoms with E-state index in [4.69, 9.17) is 0 Å². The molecule has 5 aliphatic carbocycles. The molecule has 1 heterocycles. The Labute approximate surface area is 223 Å². The Morgan fingerprint density at radius 2 is 1.87 bits per heavy atom. The molecule has 2 amide bonds. The maximum absolute atomic E-state index is 14.3. The van der Waals surface area contributed by atoms with E-state index in [9.17, 15) is 29.9 Å². The molecule has 0 aromatic heterocycles. The SMILES string of the molecule is CC(C)C1=C[C@@]23CC[C@H]4[C@](C)(CCC[C@@]4(C)C(=O)O)[C@@H]2C[C@@H]1[C@@H]1C(=O)N(c2cccc([NH+]([O-])O)c2)C(=O)[C@H]13. The highest BCUT2D eigenvalue weighted by molar-refractivity contribution is 6.23. The molecule has 1 saturated heterocycles. The van der Waals surface area contributed by atoms with Crippen LogP contribution in [-0.2, 0) is 14.4 Å². The van der Waals surface area contributed by atoms with Crippen molar-refractivity contribution >= 4 is 29.2 Å². The van der Waals surface area contributed by atoms with Gasteiger partial charge in [-0.2, -0.15) is 5.23 Å². The number of aliphatic carboxylic acids is 1. The van der Waals surface area contributed by atoms with Gasteiger partial charge in [0.1, 0.15) is 0 Å². The second-order valence-corrected chi connectivity index (χ2v) is 13.4. The molecule has 1 spiro atoms. The highest BCUT2D eigenvalue weighted by Gasteiger charge is 2.73. The fourth-order valence-electron chi connectivity index (χ4n) is 9.99. The van der Waals surface area contributed by atoms with Crippen LogP contribution < -0.4 is 10.1 Å². The second kappa shape index (κ2) is 8.23. The van der Waals surface area contributed by atoms with Crippen molar-refractivity contribution in [3.05, 3.63) is 41.1 Å². The fourth-order valence-corrected chi connectivity index (χ4v) is 9.99. The van der Waals surface area contributed by atoms with Gasteiger partial charge in [-0.3, -0.25) is 14.4 Å². The molecular weight excluding hydrogens is 484 g/mol. The Morgan fingerprint density at radius 1 is 1.13 bits per heavy atom. The molecule has 7 rings (SSSR count). The largest absolute Gasteiger partial charge is 0.595 e. The first kappa shape index (κ1) is 25.7. The number of hydrogen-bond donors (Lipinski definition) is 3. The van der Waals surface area contributed by atoms with Crippen LogP contribution in [0.4, 0.5) is 11.4 Å². The lowest BCUT2D eigenvalue weighted by molar-refractivity contribution is -0.991. The van der Waals surface area contributed by atoms with Crippen molar-refractivity contribution < 1.29 is 29.9 Å². The van der Waals surface area contributed by atoms with Crippen LogP contribution in [0.2, 0.25) is 0 Å². The summed E-state index contributed by atoms with van der Waals surface area (Å²) < 4.78 is 0. The number of amides is 2. The van der Waals surface area contributed by atoms with Gasteiger partial charge in [0.25, 0.3) is 0 Å². The molecule has 2 bridgehead atoms. The molecule has 1 unspecified atom stereocenters. The number of fused-ring (bicyclic) bond motifs is 1. The number of carbonyl (C=O) groups excluding carboxylic acids is 2. The second-order valence-electron chi connectivity index (χ2n) is 13.4. The minimum atomic E-state index is -1.10. The van der Waals surface area contributed by atoms with Gasteiger partial charge < -0.3 is 10.3 Å². The van der Waals surface area contributed by atoms with Gasteiger partial charge in [0.15, 0.2) is 5.69 Å². The summed E-state index contributed by atoms with van der Waals surface area (Å²) in [5, 5.41) is 30.3. The van der Waals surface area contributed by atoms with Crippen LogP contribution in [0.25, 0.3) is 0 Å². The summed E-state index contributed by atoms with van der Waals surface area (Å²) in [4.78, 5) is 42.1. The predicted molar refractivity (Wildman–Crippen MR) is 139 cm³/mol. The highest BCUT2D eigenvalue weighted by Crippen LogP contribution is 2.74. The molecule has 8 nitrogen and oxygen atoms in total. The highest BCUT2D eigenvalue weighted by atomic mass is 16.8. The third-order valence-corrected chi connectivity index (χ3v) is 11.5. The van der Waals surface area contributed by atoms with Gasteiger partial charge in [-0.05, 0) is 74.2 Å². The van der Waals surface area contributed by atoms with Crippen LogP contribution >= 0.6 is 0 Å². The molecule has 6 aliphatic rings. The molecule has 1 aromatic carbocycles. The average Bonchev–Trinajstić information content (AvgIpc) is 3.15. The zero-order valence-electron chi connectivity index (χ0n) is 22.6. The molecule has 1 aromatic rings. The van der Waals surface area contributed by atoms with E-state index in [1.54, 1.807) is 12.1 Å². The van der Waals surface area contributed by atoms with Crippen molar-refractivity contribution in [2.45, 2.75) is 66.2 Å². The summed E-state index contributed by atoms with van der Waals surface area (Å²) in [5.41, 5.74) is 0.112. The van der Waals surface area contributed by atoms with E-state index in [2.05, 4.69) is 26.8 Å². The number of benzene rings is 1. The minimum absolute atomic E-state index is 0.0288. The number of nitrogens with zero attached hydrogens (tertiary/aromatic N) is 1. The Bertz CT molecular complexity index is 1260. The number of rotatable bonds is 4. The number of imide groups is 1. The number of allylic oxidation sites excluding steroid dienone is 2. The standard InChI is InChI=1S/C30H38N2O6/c1-16(2)20-15-30-12-9-21-28(3,10-6-11-29(21,4)27(35)36)22(30)14-19(20)23-24(30)26(34)31(25(23)33)17-7-5-8-18(13-17)32(37)38/h5,7-8,13,15-16,19,21-24,32,37H,6,9-12,14H2,1-4H3,(H,35,36)/t19-,21-,22-,23-,24-,28-,29+,30-/m0/s1. The summed E-state index contributed by atoms with van der Waals surface area (Å²) >= 11 is 0. The van der Waals surface area contributed by atoms with E-state index < -0.39 is 33.9 Å². The van der Waals surface area contributed by atoms with Gasteiger partial charge in [-0.25, -0.2) is 10.1 Å². The molecule has 3 saturated carbocycles. The lowest BCUT2D eigenvalue weighted by Gasteiger charge is -2.68. The maximum Gasteiger partial charge on any atom is 0.309 e. The van der Waals surface area contributed by atoms with Crippen LogP contribution in [0.5, 0.6) is 0 Å². The predicted octanol–water partition coefficient (Wildman–Crippen LogP) is 4.11. The number of quaternary nitrogens is 1. The Hall–Kier alpha value is -2.55. The van der Waals surface area contributed by atoms with Crippen LogP contribution in [-0.4, -0.2) is 28.1 Å². The topological polar surface area (TPSA) is 122 Å². The van der Waals surface area contributed by atoms with E-state index in [0.29, 0.717) is 18.5 Å². The first-order valence-corrected chi connectivity index (χ1v) is 14.0. The number of carboxylic acid groups (broad SMARTS) is 1. The number of nitrogens with one attached hydrogen (secondary N) is 1. The normalized spacial score (nSPS) is 42.4. The van der Waals surface area contributed by atoms with Crippen molar-refractivity contribution in [1.29, 1.82) is 0 Å². The summed E-state index contributed by atoms with van der Waals surface area (Å²) in [6, 6.07) is 6.10. The molecule has 3 N–H and O–H groups in total. The van der Waals surface area contributed by atoms with Crippen LogP contribution in [0.3, 0.4) is 0 Å². The lowest BCUT2D eigenvalue weighted by atomic mass is 9.34. The molecular formula is C30H38N2O6. The average molecular weight is 523 g/mol. The van der Waals surface area contributed by atoms with Crippen LogP contribution in [0.15, 0.2) is 35.9 Å². The maximum atomic E-state index is 14.3. The van der Waals surface area contributed by atoms with Gasteiger partial charge in [0.05, 0.1) is 22.9 Å². The molecule has 4 fully saturated rings. The Balaban J connectivity index is 1.48. The molecule has 8 heteroatoms. The quantitative estimate of drug-likeness (QED) is 0.311. The van der Waals surface area contributed by atoms with E-state index in [0.717, 1.165) is 25.7 Å². The van der Waals surface area contributed by atoms with E-state index in [1.165, 1.54) is 22.6 Å². The van der Waals surface area contributed by atoms with Gasteiger partial charge in [0.2, 0.25) is 11.8 Å². The molecule has 9 atom stereocenters. The van der Waals surface area contributed by atoms with Crippen molar-refractivity contribution in [3.63, 3.8) is 0 Å². The van der Waals surface area contributed by atoms with Gasteiger partial charge in [0, 0.05) is 17.5 Å². The Morgan fingerprint density at radius 3 is 2.53 bits per heavy atom. The number of carbonyl (C=O) groups is 3. The van der Waals surface area contributed by atoms with Gasteiger partial charge in [-0.15, -0.1) is 0 Å². The lowest BCUT2D eigenvalue weighted by Crippen LogP contribution is -2.99. The first-order chi connectivity index (χ1) is 17.9. The monoisotopic (exact) mass is 522 g/mol. The fraction of sp³-hybridized carbons (Fsp3) is 0.633.